The van der Waals surface area contributed by atoms with Crippen LogP contribution >= 0.6 is 0 Å². The average Bonchev–Trinajstić information content (AvgIpc) is 2.67. The number of aromatic amines is 2. The van der Waals surface area contributed by atoms with Crippen molar-refractivity contribution in [3.63, 3.8) is 0 Å². The van der Waals surface area contributed by atoms with Crippen LogP contribution in [0, 0.1) is 4.91 Å². The average molecular weight is 225 g/mol. The maximum absolute atomic E-state index is 11.5. The first-order valence-corrected chi connectivity index (χ1v) is 4.97. The summed E-state index contributed by atoms with van der Waals surface area (Å²) in [6.07, 6.45) is 2.09. The van der Waals surface area contributed by atoms with Crippen LogP contribution in [-0.2, 0) is 4.74 Å². The van der Waals surface area contributed by atoms with Gasteiger partial charge in [-0.3, -0.25) is 9.78 Å². The molecule has 0 spiro atoms. The molecule has 2 unspecified atom stereocenters. The summed E-state index contributed by atoms with van der Waals surface area (Å²) in [5.41, 5.74) is -0.612. The number of H-pyrrole nitrogens is 2. The molecule has 1 aliphatic heterocycles. The second kappa shape index (κ2) is 4.40. The van der Waals surface area contributed by atoms with E-state index >= 15 is 0 Å². The minimum Gasteiger partial charge on any atom is -0.368 e. The zero-order valence-corrected chi connectivity index (χ0v) is 8.43. The molecule has 0 aromatic carbocycles. The van der Waals surface area contributed by atoms with Gasteiger partial charge >= 0.3 is 5.69 Å². The van der Waals surface area contributed by atoms with Gasteiger partial charge in [0, 0.05) is 6.20 Å². The van der Waals surface area contributed by atoms with Crippen LogP contribution in [0.4, 0.5) is 0 Å². The highest BCUT2D eigenvalue weighted by Crippen LogP contribution is 2.30. The molecular formula is C9H11N3O4. The Kier molecular flexibility index (Phi) is 2.95. The summed E-state index contributed by atoms with van der Waals surface area (Å²) < 4.78 is 5.47. The SMILES string of the molecule is O=NCC1CCC(c2c[nH]c(=O)[nH]c2=O)O1. The molecule has 2 N–H and O–H groups in total. The molecule has 86 valence electrons. The summed E-state index contributed by atoms with van der Waals surface area (Å²) in [6.45, 7) is 0.0950. The zero-order valence-electron chi connectivity index (χ0n) is 8.43. The van der Waals surface area contributed by atoms with Crippen LogP contribution in [0.2, 0.25) is 0 Å². The van der Waals surface area contributed by atoms with E-state index in [0.717, 1.165) is 0 Å². The van der Waals surface area contributed by atoms with Crippen molar-refractivity contribution in [3.05, 3.63) is 37.5 Å². The number of hydrogen-bond donors (Lipinski definition) is 2. The molecule has 16 heavy (non-hydrogen) atoms. The van der Waals surface area contributed by atoms with E-state index in [1.54, 1.807) is 0 Å². The van der Waals surface area contributed by atoms with Crippen LogP contribution in [0.25, 0.3) is 0 Å². The molecule has 0 saturated carbocycles. The smallest absolute Gasteiger partial charge is 0.325 e. The van der Waals surface area contributed by atoms with Crippen molar-refractivity contribution in [2.45, 2.75) is 25.0 Å². The van der Waals surface area contributed by atoms with Crippen molar-refractivity contribution in [2.75, 3.05) is 6.54 Å². The van der Waals surface area contributed by atoms with Gasteiger partial charge in [-0.2, -0.15) is 4.91 Å². The highest BCUT2D eigenvalue weighted by molar-refractivity contribution is 5.09. The molecule has 0 radical (unpaired) electrons. The van der Waals surface area contributed by atoms with Gasteiger partial charge in [-0.15, -0.1) is 0 Å². The molecule has 2 rings (SSSR count). The van der Waals surface area contributed by atoms with E-state index in [0.29, 0.717) is 18.4 Å². The Hall–Kier alpha value is -1.76. The lowest BCUT2D eigenvalue weighted by Gasteiger charge is -2.10. The lowest BCUT2D eigenvalue weighted by molar-refractivity contribution is 0.0489. The minimum atomic E-state index is -0.544. The van der Waals surface area contributed by atoms with Crippen LogP contribution in [0.15, 0.2) is 21.0 Å². The molecular weight excluding hydrogens is 214 g/mol. The van der Waals surface area contributed by atoms with E-state index in [2.05, 4.69) is 15.1 Å². The van der Waals surface area contributed by atoms with Gasteiger partial charge in [-0.1, -0.05) is 5.18 Å². The number of nitrogens with one attached hydrogen (secondary N) is 2. The molecule has 1 fully saturated rings. The van der Waals surface area contributed by atoms with Crippen molar-refractivity contribution in [3.8, 4) is 0 Å². The Morgan fingerprint density at radius 3 is 2.94 bits per heavy atom. The number of nitroso groups, excluding NO2 is 1. The van der Waals surface area contributed by atoms with Gasteiger partial charge < -0.3 is 9.72 Å². The van der Waals surface area contributed by atoms with Crippen LogP contribution in [-0.4, -0.2) is 22.6 Å². The predicted octanol–water partition coefficient (Wildman–Crippen LogP) is 0.0497. The first-order chi connectivity index (χ1) is 7.70. The molecule has 0 amide bonds. The van der Waals surface area contributed by atoms with E-state index in [4.69, 9.17) is 4.74 Å². The highest BCUT2D eigenvalue weighted by Gasteiger charge is 2.28. The van der Waals surface area contributed by atoms with Gasteiger partial charge in [0.2, 0.25) is 0 Å². The molecule has 1 aliphatic rings. The summed E-state index contributed by atoms with van der Waals surface area (Å²) in [7, 11) is 0. The largest absolute Gasteiger partial charge is 0.368 e. The van der Waals surface area contributed by atoms with E-state index in [1.165, 1.54) is 6.20 Å². The van der Waals surface area contributed by atoms with E-state index < -0.39 is 11.2 Å². The molecule has 0 aliphatic carbocycles. The highest BCUT2D eigenvalue weighted by atomic mass is 16.5. The Bertz CT molecular complexity index is 492. The second-order valence-corrected chi connectivity index (χ2v) is 3.66. The Labute approximate surface area is 89.8 Å². The van der Waals surface area contributed by atoms with E-state index in [1.807, 2.05) is 0 Å². The fourth-order valence-corrected chi connectivity index (χ4v) is 1.81. The zero-order chi connectivity index (χ0) is 11.5. The molecule has 1 saturated heterocycles. The van der Waals surface area contributed by atoms with Crippen LogP contribution in [0.1, 0.15) is 24.5 Å². The number of nitrogens with zero attached hydrogens (tertiary/aromatic N) is 1. The summed E-state index contributed by atoms with van der Waals surface area (Å²) in [4.78, 5) is 36.9. The minimum absolute atomic E-state index is 0.0950. The molecule has 7 nitrogen and oxygen atoms in total. The third-order valence-electron chi connectivity index (χ3n) is 2.58. The van der Waals surface area contributed by atoms with Crippen molar-refractivity contribution in [1.29, 1.82) is 0 Å². The number of aromatic nitrogens is 2. The number of rotatable bonds is 3. The summed E-state index contributed by atoms with van der Waals surface area (Å²) in [5.74, 6) is 0. The topological polar surface area (TPSA) is 104 Å². The predicted molar refractivity (Wildman–Crippen MR) is 55.2 cm³/mol. The lowest BCUT2D eigenvalue weighted by Crippen LogP contribution is -2.26. The monoisotopic (exact) mass is 225 g/mol. The molecule has 0 bridgehead atoms. The fraction of sp³-hybridized carbons (Fsp3) is 0.556. The van der Waals surface area contributed by atoms with E-state index in [-0.39, 0.29) is 18.8 Å². The summed E-state index contributed by atoms with van der Waals surface area (Å²) in [6, 6.07) is 0. The quantitative estimate of drug-likeness (QED) is 0.709. The molecule has 1 aromatic heterocycles. The fourth-order valence-electron chi connectivity index (χ4n) is 1.81. The second-order valence-electron chi connectivity index (χ2n) is 3.66. The van der Waals surface area contributed by atoms with Gasteiger partial charge in [0.05, 0.1) is 17.8 Å². The Morgan fingerprint density at radius 1 is 1.44 bits per heavy atom. The standard InChI is InChI=1S/C9H11N3O4/c13-8-6(4-10-9(14)12-8)7-2-1-5(16-7)3-11-15/h4-5,7H,1-3H2,(H2,10,12,13,14). The molecule has 2 atom stereocenters. The molecule has 2 heterocycles. The van der Waals surface area contributed by atoms with Crippen molar-refractivity contribution in [2.24, 2.45) is 5.18 Å². The first-order valence-electron chi connectivity index (χ1n) is 4.97. The summed E-state index contributed by atoms with van der Waals surface area (Å²) >= 11 is 0. The normalized spacial score (nSPS) is 24.5. The van der Waals surface area contributed by atoms with Gasteiger partial charge in [0.15, 0.2) is 0 Å². The number of hydrogen-bond acceptors (Lipinski definition) is 5. The Balaban J connectivity index is 2.17. The van der Waals surface area contributed by atoms with Crippen LogP contribution in [0.5, 0.6) is 0 Å². The molecule has 7 heteroatoms. The van der Waals surface area contributed by atoms with Gasteiger partial charge in [0.1, 0.15) is 6.54 Å². The van der Waals surface area contributed by atoms with Crippen molar-refractivity contribution < 1.29 is 4.74 Å². The van der Waals surface area contributed by atoms with Crippen LogP contribution in [0.3, 0.4) is 0 Å². The Morgan fingerprint density at radius 2 is 2.25 bits per heavy atom. The van der Waals surface area contributed by atoms with Crippen molar-refractivity contribution >= 4 is 0 Å². The van der Waals surface area contributed by atoms with Gasteiger partial charge in [-0.25, -0.2) is 4.79 Å². The number of ether oxygens (including phenoxy) is 1. The van der Waals surface area contributed by atoms with E-state index in [9.17, 15) is 14.5 Å². The van der Waals surface area contributed by atoms with Gasteiger partial charge in [0.25, 0.3) is 5.56 Å². The maximum Gasteiger partial charge on any atom is 0.325 e. The maximum atomic E-state index is 11.5. The third kappa shape index (κ3) is 2.08. The van der Waals surface area contributed by atoms with Gasteiger partial charge in [-0.05, 0) is 12.8 Å². The summed E-state index contributed by atoms with van der Waals surface area (Å²) in [5, 5.41) is 2.76. The van der Waals surface area contributed by atoms with Crippen LogP contribution < -0.4 is 11.2 Å². The first kappa shape index (κ1) is 10.7. The lowest BCUT2D eigenvalue weighted by atomic mass is 10.1. The van der Waals surface area contributed by atoms with Crippen molar-refractivity contribution in [1.82, 2.24) is 9.97 Å². The third-order valence-corrected chi connectivity index (χ3v) is 2.58. The molecule has 1 aromatic rings.